The van der Waals surface area contributed by atoms with Crippen molar-refractivity contribution < 1.29 is 4.79 Å². The first kappa shape index (κ1) is 17.0. The summed E-state index contributed by atoms with van der Waals surface area (Å²) < 4.78 is 0. The van der Waals surface area contributed by atoms with Gasteiger partial charge in [-0.25, -0.2) is 0 Å². The summed E-state index contributed by atoms with van der Waals surface area (Å²) in [4.78, 5) is 12.6. The van der Waals surface area contributed by atoms with Crippen molar-refractivity contribution in [1.82, 2.24) is 0 Å². The molecule has 0 heterocycles. The van der Waals surface area contributed by atoms with E-state index in [0.717, 1.165) is 11.1 Å². The van der Waals surface area contributed by atoms with Gasteiger partial charge in [0.05, 0.1) is 0 Å². The van der Waals surface area contributed by atoms with Crippen molar-refractivity contribution in [2.45, 2.75) is 64.7 Å². The van der Waals surface area contributed by atoms with E-state index in [1.165, 1.54) is 29.5 Å². The van der Waals surface area contributed by atoms with Crippen LogP contribution in [0, 0.1) is 6.92 Å². The molecule has 0 bridgehead atoms. The summed E-state index contributed by atoms with van der Waals surface area (Å²) in [5.74, 6) is 0.197. The quantitative estimate of drug-likeness (QED) is 0.656. The molecule has 0 N–H and O–H groups in total. The molecule has 0 saturated heterocycles. The number of Topliss-reactive ketones (excluding diaryl/α,β-unsaturated/α-hetero) is 1. The molecular weight excluding hydrogens is 292 g/mol. The van der Waals surface area contributed by atoms with E-state index in [-0.39, 0.29) is 16.6 Å². The van der Waals surface area contributed by atoms with Crippen molar-refractivity contribution in [1.29, 1.82) is 0 Å². The molecular formula is C23H28O. The molecule has 2 aromatic carbocycles. The van der Waals surface area contributed by atoms with Gasteiger partial charge < -0.3 is 0 Å². The highest BCUT2D eigenvalue weighted by Crippen LogP contribution is 2.45. The zero-order valence-corrected chi connectivity index (χ0v) is 15.6. The maximum atomic E-state index is 12.6. The van der Waals surface area contributed by atoms with Crippen LogP contribution in [0.5, 0.6) is 0 Å². The molecule has 1 nitrogen and oxygen atoms in total. The Labute approximate surface area is 146 Å². The molecule has 1 aliphatic carbocycles. The highest BCUT2D eigenvalue weighted by molar-refractivity contribution is 5.97. The summed E-state index contributed by atoms with van der Waals surface area (Å²) in [5, 5.41) is 0. The first-order valence-corrected chi connectivity index (χ1v) is 8.93. The number of hydrogen-bond donors (Lipinski definition) is 0. The van der Waals surface area contributed by atoms with Crippen molar-refractivity contribution in [2.75, 3.05) is 0 Å². The molecule has 126 valence electrons. The molecule has 24 heavy (non-hydrogen) atoms. The minimum atomic E-state index is 0.188. The molecule has 0 aliphatic heterocycles. The predicted molar refractivity (Wildman–Crippen MR) is 101 cm³/mol. The third kappa shape index (κ3) is 3.17. The van der Waals surface area contributed by atoms with Gasteiger partial charge in [-0.15, -0.1) is 0 Å². The Morgan fingerprint density at radius 3 is 2.08 bits per heavy atom. The highest BCUT2D eigenvalue weighted by Gasteiger charge is 2.36. The first-order chi connectivity index (χ1) is 11.2. The van der Waals surface area contributed by atoms with E-state index in [4.69, 9.17) is 0 Å². The van der Waals surface area contributed by atoms with Gasteiger partial charge in [0.1, 0.15) is 0 Å². The average Bonchev–Trinajstić information content (AvgIpc) is 2.52. The van der Waals surface area contributed by atoms with Gasteiger partial charge in [-0.3, -0.25) is 4.79 Å². The molecule has 0 amide bonds. The molecule has 1 aliphatic rings. The Morgan fingerprint density at radius 1 is 0.875 bits per heavy atom. The molecule has 2 aromatic rings. The monoisotopic (exact) mass is 320 g/mol. The van der Waals surface area contributed by atoms with Crippen LogP contribution in [0.1, 0.15) is 73.1 Å². The molecule has 0 saturated carbocycles. The van der Waals surface area contributed by atoms with E-state index >= 15 is 0 Å². The molecule has 0 radical (unpaired) electrons. The smallest absolute Gasteiger partial charge is 0.167 e. The summed E-state index contributed by atoms with van der Waals surface area (Å²) in [6.45, 7) is 11.4. The van der Waals surface area contributed by atoms with Gasteiger partial charge >= 0.3 is 0 Å². The fourth-order valence-electron chi connectivity index (χ4n) is 3.77. The predicted octanol–water partition coefficient (Wildman–Crippen LogP) is 5.77. The fourth-order valence-corrected chi connectivity index (χ4v) is 3.77. The number of hydrogen-bond acceptors (Lipinski definition) is 1. The molecule has 0 unspecified atom stereocenters. The van der Waals surface area contributed by atoms with Crippen LogP contribution in [-0.4, -0.2) is 5.78 Å². The first-order valence-electron chi connectivity index (χ1n) is 8.93. The molecule has 0 atom stereocenters. The third-order valence-electron chi connectivity index (χ3n) is 5.66. The standard InChI is InChI=1S/C23H28O/c1-16-6-9-18(10-7-16)21(24)15-17-8-11-19-20(14-17)23(4,5)13-12-22(19,2)3/h6-11,14H,12-13,15H2,1-5H3. The second-order valence-corrected chi connectivity index (χ2v) is 8.61. The van der Waals surface area contributed by atoms with E-state index in [1.807, 2.05) is 31.2 Å². The zero-order chi connectivity index (χ0) is 17.5. The van der Waals surface area contributed by atoms with Crippen LogP contribution in [0.3, 0.4) is 0 Å². The van der Waals surface area contributed by atoms with Crippen LogP contribution in [-0.2, 0) is 17.3 Å². The van der Waals surface area contributed by atoms with E-state index in [9.17, 15) is 4.79 Å². The van der Waals surface area contributed by atoms with Crippen molar-refractivity contribution in [3.05, 3.63) is 70.3 Å². The Kier molecular flexibility index (Phi) is 4.15. The maximum Gasteiger partial charge on any atom is 0.167 e. The van der Waals surface area contributed by atoms with Gasteiger partial charge in [0.25, 0.3) is 0 Å². The Hall–Kier alpha value is -1.89. The molecule has 0 spiro atoms. The Bertz CT molecular complexity index is 763. The van der Waals surface area contributed by atoms with Crippen LogP contribution in [0.2, 0.25) is 0 Å². The van der Waals surface area contributed by atoms with Crippen LogP contribution in [0.25, 0.3) is 0 Å². The number of benzene rings is 2. The van der Waals surface area contributed by atoms with Gasteiger partial charge in [-0.1, -0.05) is 75.7 Å². The number of aryl methyl sites for hydroxylation is 1. The fraction of sp³-hybridized carbons (Fsp3) is 0.435. The highest BCUT2D eigenvalue weighted by atomic mass is 16.1. The van der Waals surface area contributed by atoms with Crippen LogP contribution in [0.15, 0.2) is 42.5 Å². The molecule has 1 heteroatoms. The largest absolute Gasteiger partial charge is 0.294 e. The van der Waals surface area contributed by atoms with Crippen molar-refractivity contribution >= 4 is 5.78 Å². The average molecular weight is 320 g/mol. The lowest BCUT2D eigenvalue weighted by Gasteiger charge is -2.42. The van der Waals surface area contributed by atoms with Crippen molar-refractivity contribution in [2.24, 2.45) is 0 Å². The summed E-state index contributed by atoms with van der Waals surface area (Å²) in [5.41, 5.74) is 6.41. The van der Waals surface area contributed by atoms with Gasteiger partial charge in [0.2, 0.25) is 0 Å². The SMILES string of the molecule is Cc1ccc(C(=O)Cc2ccc3c(c2)C(C)(C)CCC3(C)C)cc1. The molecule has 3 rings (SSSR count). The summed E-state index contributed by atoms with van der Waals surface area (Å²) in [7, 11) is 0. The number of carbonyl (C=O) groups excluding carboxylic acids is 1. The Morgan fingerprint density at radius 2 is 1.46 bits per heavy atom. The van der Waals surface area contributed by atoms with E-state index in [0.29, 0.717) is 6.42 Å². The normalized spacial score (nSPS) is 18.0. The van der Waals surface area contributed by atoms with E-state index in [2.05, 4.69) is 45.9 Å². The van der Waals surface area contributed by atoms with Crippen molar-refractivity contribution in [3.63, 3.8) is 0 Å². The minimum absolute atomic E-state index is 0.188. The van der Waals surface area contributed by atoms with Gasteiger partial charge in [0.15, 0.2) is 5.78 Å². The number of rotatable bonds is 3. The van der Waals surface area contributed by atoms with Gasteiger partial charge in [-0.05, 0) is 47.3 Å². The summed E-state index contributed by atoms with van der Waals surface area (Å²) in [6, 6.07) is 14.6. The lowest BCUT2D eigenvalue weighted by Crippen LogP contribution is -2.33. The third-order valence-corrected chi connectivity index (χ3v) is 5.66. The van der Waals surface area contributed by atoms with Crippen LogP contribution < -0.4 is 0 Å². The van der Waals surface area contributed by atoms with E-state index < -0.39 is 0 Å². The molecule has 0 aromatic heterocycles. The van der Waals surface area contributed by atoms with Crippen molar-refractivity contribution in [3.8, 4) is 0 Å². The lowest BCUT2D eigenvalue weighted by atomic mass is 9.63. The van der Waals surface area contributed by atoms with Crippen LogP contribution in [0.4, 0.5) is 0 Å². The van der Waals surface area contributed by atoms with Gasteiger partial charge in [-0.2, -0.15) is 0 Å². The topological polar surface area (TPSA) is 17.1 Å². The Balaban J connectivity index is 1.91. The summed E-state index contributed by atoms with van der Waals surface area (Å²) >= 11 is 0. The second kappa shape index (κ2) is 5.88. The zero-order valence-electron chi connectivity index (χ0n) is 15.6. The second-order valence-electron chi connectivity index (χ2n) is 8.61. The van der Waals surface area contributed by atoms with Crippen LogP contribution >= 0.6 is 0 Å². The number of carbonyl (C=O) groups is 1. The van der Waals surface area contributed by atoms with E-state index in [1.54, 1.807) is 0 Å². The molecule has 0 fully saturated rings. The number of fused-ring (bicyclic) bond motifs is 1. The summed E-state index contributed by atoms with van der Waals surface area (Å²) in [6.07, 6.45) is 2.89. The minimum Gasteiger partial charge on any atom is -0.294 e. The maximum absolute atomic E-state index is 12.6. The number of ketones is 1. The van der Waals surface area contributed by atoms with Gasteiger partial charge in [0, 0.05) is 12.0 Å². The lowest BCUT2D eigenvalue weighted by molar-refractivity contribution is 0.0993.